The van der Waals surface area contributed by atoms with E-state index in [2.05, 4.69) is 22.0 Å². The van der Waals surface area contributed by atoms with Crippen LogP contribution in [0.25, 0.3) is 0 Å². The Morgan fingerprint density at radius 2 is 1.89 bits per heavy atom. The van der Waals surface area contributed by atoms with Crippen molar-refractivity contribution >= 4 is 21.7 Å². The molecule has 0 heterocycles. The van der Waals surface area contributed by atoms with E-state index in [-0.39, 0.29) is 17.1 Å². The van der Waals surface area contributed by atoms with E-state index >= 15 is 0 Å². The van der Waals surface area contributed by atoms with Gasteiger partial charge in [0.25, 0.3) is 0 Å². The van der Waals surface area contributed by atoms with E-state index in [1.54, 1.807) is 0 Å². The van der Waals surface area contributed by atoms with E-state index in [0.29, 0.717) is 6.42 Å². The van der Waals surface area contributed by atoms with Gasteiger partial charge in [-0.25, -0.2) is 0 Å². The van der Waals surface area contributed by atoms with Crippen molar-refractivity contribution in [3.63, 3.8) is 0 Å². The zero-order valence-corrected chi connectivity index (χ0v) is 12.4. The van der Waals surface area contributed by atoms with Crippen LogP contribution in [-0.2, 0) is 4.79 Å². The van der Waals surface area contributed by atoms with Gasteiger partial charge in [0, 0.05) is 16.8 Å². The second-order valence-electron chi connectivity index (χ2n) is 5.90. The topological polar surface area (TPSA) is 40.9 Å². The minimum Gasteiger partial charge on any atom is -0.298 e. The van der Waals surface area contributed by atoms with Gasteiger partial charge >= 0.3 is 0 Å². The van der Waals surface area contributed by atoms with E-state index in [0.717, 1.165) is 10.0 Å². The van der Waals surface area contributed by atoms with Crippen LogP contribution in [0.15, 0.2) is 28.7 Å². The molecule has 1 aliphatic rings. The maximum absolute atomic E-state index is 12.0. The number of ketones is 1. The lowest BCUT2D eigenvalue weighted by Gasteiger charge is -2.51. The Balaban J connectivity index is 2.45. The zero-order chi connectivity index (χ0) is 13.6. The molecule has 1 aliphatic carbocycles. The van der Waals surface area contributed by atoms with E-state index < -0.39 is 5.41 Å². The first-order valence-electron chi connectivity index (χ1n) is 6.03. The summed E-state index contributed by atoms with van der Waals surface area (Å²) in [5.74, 6) is 0.0912. The van der Waals surface area contributed by atoms with Gasteiger partial charge in [-0.1, -0.05) is 48.8 Å². The van der Waals surface area contributed by atoms with Crippen LogP contribution in [0, 0.1) is 22.2 Å². The van der Waals surface area contributed by atoms with Gasteiger partial charge in [-0.3, -0.25) is 4.79 Å². The Kier molecular flexibility index (Phi) is 3.11. The van der Waals surface area contributed by atoms with Crippen molar-refractivity contribution in [3.05, 3.63) is 34.3 Å². The smallest absolute Gasteiger partial charge is 0.154 e. The SMILES string of the molecule is CC(C)(C)[C@@]1(C#N)C(=O)C[C@@H]1c1ccc(Br)cc1. The summed E-state index contributed by atoms with van der Waals surface area (Å²) in [6, 6.07) is 10.2. The van der Waals surface area contributed by atoms with Gasteiger partial charge in [0.2, 0.25) is 0 Å². The monoisotopic (exact) mass is 305 g/mol. The van der Waals surface area contributed by atoms with Crippen LogP contribution in [0.2, 0.25) is 0 Å². The third kappa shape index (κ3) is 1.71. The molecule has 0 saturated heterocycles. The number of nitriles is 1. The van der Waals surface area contributed by atoms with Crippen LogP contribution in [0.4, 0.5) is 0 Å². The number of Topliss-reactive ketones (excluding diaryl/α,β-unsaturated/α-hetero) is 1. The molecule has 18 heavy (non-hydrogen) atoms. The highest BCUT2D eigenvalue weighted by atomic mass is 79.9. The van der Waals surface area contributed by atoms with Crippen LogP contribution in [0.5, 0.6) is 0 Å². The number of nitrogens with zero attached hydrogens (tertiary/aromatic N) is 1. The molecule has 0 aliphatic heterocycles. The highest BCUT2D eigenvalue weighted by Gasteiger charge is 2.62. The number of rotatable bonds is 1. The van der Waals surface area contributed by atoms with Crippen molar-refractivity contribution in [1.29, 1.82) is 5.26 Å². The molecule has 1 fully saturated rings. The third-order valence-electron chi connectivity index (χ3n) is 3.98. The van der Waals surface area contributed by atoms with Gasteiger partial charge in [-0.15, -0.1) is 0 Å². The lowest BCUT2D eigenvalue weighted by molar-refractivity contribution is -0.144. The predicted molar refractivity (Wildman–Crippen MR) is 74.0 cm³/mol. The predicted octanol–water partition coefficient (Wildman–Crippen LogP) is 4.06. The third-order valence-corrected chi connectivity index (χ3v) is 4.51. The second kappa shape index (κ2) is 4.20. The number of hydrogen-bond donors (Lipinski definition) is 0. The highest BCUT2D eigenvalue weighted by Crippen LogP contribution is 2.59. The Morgan fingerprint density at radius 3 is 2.28 bits per heavy atom. The first kappa shape index (κ1) is 13.3. The molecule has 0 amide bonds. The second-order valence-corrected chi connectivity index (χ2v) is 6.82. The van der Waals surface area contributed by atoms with Crippen molar-refractivity contribution in [2.45, 2.75) is 33.1 Å². The van der Waals surface area contributed by atoms with Gasteiger partial charge in [-0.05, 0) is 23.1 Å². The summed E-state index contributed by atoms with van der Waals surface area (Å²) in [7, 11) is 0. The molecule has 1 saturated carbocycles. The largest absolute Gasteiger partial charge is 0.298 e. The molecule has 0 unspecified atom stereocenters. The summed E-state index contributed by atoms with van der Waals surface area (Å²) in [6.45, 7) is 5.91. The summed E-state index contributed by atoms with van der Waals surface area (Å²) in [6.07, 6.45) is 0.479. The molecule has 0 radical (unpaired) electrons. The number of halogens is 1. The standard InChI is InChI=1S/C15H16BrNO/c1-14(2,3)15(9-17)12(8-13(15)18)10-4-6-11(16)7-5-10/h4-7,12H,8H2,1-3H3/t12-,15-/m1/s1. The maximum atomic E-state index is 12.0. The minimum atomic E-state index is -0.874. The quantitative estimate of drug-likeness (QED) is 0.785. The molecule has 2 rings (SSSR count). The van der Waals surface area contributed by atoms with E-state index in [1.807, 2.05) is 45.0 Å². The van der Waals surface area contributed by atoms with Crippen LogP contribution < -0.4 is 0 Å². The summed E-state index contributed by atoms with van der Waals surface area (Å²) in [5.41, 5.74) is -0.135. The highest BCUT2D eigenvalue weighted by molar-refractivity contribution is 9.10. The molecule has 0 N–H and O–H groups in total. The van der Waals surface area contributed by atoms with Crippen molar-refractivity contribution in [2.75, 3.05) is 0 Å². The number of hydrogen-bond acceptors (Lipinski definition) is 2. The number of benzene rings is 1. The van der Waals surface area contributed by atoms with Gasteiger partial charge < -0.3 is 0 Å². The van der Waals surface area contributed by atoms with E-state index in [1.165, 1.54) is 0 Å². The van der Waals surface area contributed by atoms with Crippen molar-refractivity contribution in [2.24, 2.45) is 10.8 Å². The molecule has 3 heteroatoms. The fraction of sp³-hybridized carbons (Fsp3) is 0.467. The average Bonchev–Trinajstić information content (AvgIpc) is 2.26. The molecule has 1 aromatic carbocycles. The lowest BCUT2D eigenvalue weighted by atomic mass is 9.47. The molecule has 2 atom stereocenters. The summed E-state index contributed by atoms with van der Waals surface area (Å²) >= 11 is 3.40. The van der Waals surface area contributed by atoms with Crippen molar-refractivity contribution < 1.29 is 4.79 Å². The molecule has 0 spiro atoms. The normalized spacial score (nSPS) is 27.5. The van der Waals surface area contributed by atoms with E-state index in [9.17, 15) is 10.1 Å². The lowest BCUT2D eigenvalue weighted by Crippen LogP contribution is -2.55. The van der Waals surface area contributed by atoms with Crippen molar-refractivity contribution in [1.82, 2.24) is 0 Å². The molecular formula is C15H16BrNO. The van der Waals surface area contributed by atoms with E-state index in [4.69, 9.17) is 0 Å². The summed E-state index contributed by atoms with van der Waals surface area (Å²) < 4.78 is 1.01. The number of carbonyl (C=O) groups excluding carboxylic acids is 1. The molecule has 0 aromatic heterocycles. The van der Waals surface area contributed by atoms with Gasteiger partial charge in [-0.2, -0.15) is 5.26 Å². The fourth-order valence-electron chi connectivity index (χ4n) is 2.87. The molecule has 2 nitrogen and oxygen atoms in total. The maximum Gasteiger partial charge on any atom is 0.154 e. The Bertz CT molecular complexity index is 521. The minimum absolute atomic E-state index is 0.0168. The fourth-order valence-corrected chi connectivity index (χ4v) is 3.14. The molecule has 1 aromatic rings. The molecule has 94 valence electrons. The molecular weight excluding hydrogens is 290 g/mol. The van der Waals surface area contributed by atoms with Gasteiger partial charge in [0.1, 0.15) is 5.41 Å². The number of carbonyl (C=O) groups is 1. The van der Waals surface area contributed by atoms with Crippen LogP contribution in [0.3, 0.4) is 0 Å². The van der Waals surface area contributed by atoms with Crippen molar-refractivity contribution in [3.8, 4) is 6.07 Å². The Morgan fingerprint density at radius 1 is 1.33 bits per heavy atom. The zero-order valence-electron chi connectivity index (χ0n) is 10.8. The first-order chi connectivity index (χ1) is 8.33. The van der Waals surface area contributed by atoms with Gasteiger partial charge in [0.05, 0.1) is 6.07 Å². The Labute approximate surface area is 116 Å². The van der Waals surface area contributed by atoms with Gasteiger partial charge in [0.15, 0.2) is 5.78 Å². The molecule has 0 bridgehead atoms. The Hall–Kier alpha value is -1.14. The summed E-state index contributed by atoms with van der Waals surface area (Å²) in [5, 5.41) is 9.55. The van der Waals surface area contributed by atoms with Crippen LogP contribution in [-0.4, -0.2) is 5.78 Å². The summed E-state index contributed by atoms with van der Waals surface area (Å²) in [4.78, 5) is 12.0. The van der Waals surface area contributed by atoms with Crippen LogP contribution in [0.1, 0.15) is 38.7 Å². The first-order valence-corrected chi connectivity index (χ1v) is 6.82. The average molecular weight is 306 g/mol. The van der Waals surface area contributed by atoms with Crippen LogP contribution >= 0.6 is 15.9 Å².